The molecule has 2 N–H and O–H groups in total. The summed E-state index contributed by atoms with van der Waals surface area (Å²) in [5.74, 6) is -0.0394. The zero-order valence-corrected chi connectivity index (χ0v) is 10.7. The fourth-order valence-electron chi connectivity index (χ4n) is 1.49. The van der Waals surface area contributed by atoms with Crippen LogP contribution in [-0.4, -0.2) is 23.7 Å². The first-order valence-electron chi connectivity index (χ1n) is 5.96. The Bertz CT molecular complexity index is 434. The van der Waals surface area contributed by atoms with Gasteiger partial charge in [-0.2, -0.15) is 5.26 Å². The first kappa shape index (κ1) is 14.2. The molecule has 0 aliphatic rings. The second-order valence-electron chi connectivity index (χ2n) is 4.50. The van der Waals surface area contributed by atoms with Gasteiger partial charge < -0.3 is 10.4 Å². The number of rotatable bonds is 5. The summed E-state index contributed by atoms with van der Waals surface area (Å²) >= 11 is 0. The minimum absolute atomic E-state index is 0.0370. The third kappa shape index (κ3) is 4.19. The SMILES string of the molecule is CC(CO)C(C)NC(=O)Cc1ccc(C#N)cc1. The average molecular weight is 246 g/mol. The molecule has 0 radical (unpaired) electrons. The van der Waals surface area contributed by atoms with Crippen molar-refractivity contribution in [2.45, 2.75) is 26.3 Å². The molecule has 1 aromatic carbocycles. The zero-order chi connectivity index (χ0) is 13.5. The number of carbonyl (C=O) groups excluding carboxylic acids is 1. The number of nitriles is 1. The minimum atomic E-state index is -0.0764. The molecule has 0 bridgehead atoms. The monoisotopic (exact) mass is 246 g/mol. The van der Waals surface area contributed by atoms with E-state index in [2.05, 4.69) is 5.32 Å². The Morgan fingerprint density at radius 3 is 2.50 bits per heavy atom. The van der Waals surface area contributed by atoms with Crippen LogP contribution >= 0.6 is 0 Å². The summed E-state index contributed by atoms with van der Waals surface area (Å²) in [5, 5.41) is 20.5. The van der Waals surface area contributed by atoms with Crippen LogP contribution in [0.2, 0.25) is 0 Å². The first-order valence-corrected chi connectivity index (χ1v) is 5.96. The Balaban J connectivity index is 2.52. The van der Waals surface area contributed by atoms with Crippen molar-refractivity contribution < 1.29 is 9.90 Å². The van der Waals surface area contributed by atoms with E-state index in [1.165, 1.54) is 0 Å². The number of aliphatic hydroxyl groups excluding tert-OH is 1. The Labute approximate surface area is 107 Å². The molecule has 0 aromatic heterocycles. The Morgan fingerprint density at radius 2 is 2.00 bits per heavy atom. The zero-order valence-electron chi connectivity index (χ0n) is 10.7. The molecule has 0 heterocycles. The Hall–Kier alpha value is -1.86. The van der Waals surface area contributed by atoms with Crippen molar-refractivity contribution in [2.24, 2.45) is 5.92 Å². The van der Waals surface area contributed by atoms with Gasteiger partial charge in [-0.3, -0.25) is 4.79 Å². The molecule has 0 saturated carbocycles. The van der Waals surface area contributed by atoms with Crippen LogP contribution in [0.15, 0.2) is 24.3 Å². The van der Waals surface area contributed by atoms with Crippen molar-refractivity contribution in [3.63, 3.8) is 0 Å². The van der Waals surface area contributed by atoms with Gasteiger partial charge >= 0.3 is 0 Å². The summed E-state index contributed by atoms with van der Waals surface area (Å²) in [4.78, 5) is 11.7. The smallest absolute Gasteiger partial charge is 0.224 e. The van der Waals surface area contributed by atoms with Crippen molar-refractivity contribution in [1.29, 1.82) is 5.26 Å². The van der Waals surface area contributed by atoms with Crippen LogP contribution in [-0.2, 0) is 11.2 Å². The van der Waals surface area contributed by atoms with Crippen LogP contribution in [0.3, 0.4) is 0 Å². The molecular formula is C14H18N2O2. The lowest BCUT2D eigenvalue weighted by Crippen LogP contribution is -2.39. The lowest BCUT2D eigenvalue weighted by Gasteiger charge is -2.19. The van der Waals surface area contributed by atoms with Crippen molar-refractivity contribution in [3.05, 3.63) is 35.4 Å². The van der Waals surface area contributed by atoms with Crippen molar-refractivity contribution in [3.8, 4) is 6.07 Å². The van der Waals surface area contributed by atoms with Crippen molar-refractivity contribution in [2.75, 3.05) is 6.61 Å². The van der Waals surface area contributed by atoms with E-state index >= 15 is 0 Å². The van der Waals surface area contributed by atoms with Crippen LogP contribution in [0.5, 0.6) is 0 Å². The molecule has 1 aromatic rings. The van der Waals surface area contributed by atoms with Gasteiger partial charge in [0, 0.05) is 12.6 Å². The first-order chi connectivity index (χ1) is 8.56. The van der Waals surface area contributed by atoms with Crippen molar-refractivity contribution >= 4 is 5.91 Å². The molecule has 96 valence electrons. The number of benzene rings is 1. The number of aliphatic hydroxyl groups is 1. The van der Waals surface area contributed by atoms with Crippen molar-refractivity contribution in [1.82, 2.24) is 5.32 Å². The second-order valence-corrected chi connectivity index (χ2v) is 4.50. The predicted molar refractivity (Wildman–Crippen MR) is 68.7 cm³/mol. The molecule has 4 heteroatoms. The van der Waals surface area contributed by atoms with Gasteiger partial charge in [0.05, 0.1) is 18.1 Å². The van der Waals surface area contributed by atoms with Crippen LogP contribution in [0.25, 0.3) is 0 Å². The van der Waals surface area contributed by atoms with Crippen LogP contribution in [0.4, 0.5) is 0 Å². The van der Waals surface area contributed by atoms with E-state index in [1.54, 1.807) is 24.3 Å². The van der Waals surface area contributed by atoms with E-state index in [9.17, 15) is 4.79 Å². The van der Waals surface area contributed by atoms with Gasteiger partial charge in [-0.25, -0.2) is 0 Å². The molecule has 0 fully saturated rings. The molecule has 0 aliphatic carbocycles. The summed E-state index contributed by atoms with van der Waals surface area (Å²) in [6, 6.07) is 8.92. The van der Waals surface area contributed by atoms with E-state index < -0.39 is 0 Å². The second kappa shape index (κ2) is 6.77. The number of hydrogen-bond donors (Lipinski definition) is 2. The lowest BCUT2D eigenvalue weighted by atomic mass is 10.0. The van der Waals surface area contributed by atoms with E-state index in [-0.39, 0.29) is 30.9 Å². The van der Waals surface area contributed by atoms with Gasteiger partial charge in [-0.15, -0.1) is 0 Å². The molecule has 2 atom stereocenters. The number of amides is 1. The standard InChI is InChI=1S/C14H18N2O2/c1-10(9-17)11(2)16-14(18)7-12-3-5-13(8-15)6-4-12/h3-6,10-11,17H,7,9H2,1-2H3,(H,16,18). The van der Waals surface area contributed by atoms with E-state index in [0.29, 0.717) is 5.56 Å². The third-order valence-electron chi connectivity index (χ3n) is 2.98. The Kier molecular flexibility index (Phi) is 5.34. The molecule has 18 heavy (non-hydrogen) atoms. The van der Waals surface area contributed by atoms with Gasteiger partial charge in [0.1, 0.15) is 0 Å². The lowest BCUT2D eigenvalue weighted by molar-refractivity contribution is -0.121. The minimum Gasteiger partial charge on any atom is -0.396 e. The highest BCUT2D eigenvalue weighted by Crippen LogP contribution is 2.05. The number of carbonyl (C=O) groups is 1. The highest BCUT2D eigenvalue weighted by molar-refractivity contribution is 5.78. The highest BCUT2D eigenvalue weighted by Gasteiger charge is 2.13. The predicted octanol–water partition coefficient (Wildman–Crippen LogP) is 1.23. The van der Waals surface area contributed by atoms with Crippen LogP contribution < -0.4 is 5.32 Å². The Morgan fingerprint density at radius 1 is 1.39 bits per heavy atom. The molecule has 1 amide bonds. The highest BCUT2D eigenvalue weighted by atomic mass is 16.3. The third-order valence-corrected chi connectivity index (χ3v) is 2.98. The molecular weight excluding hydrogens is 228 g/mol. The quantitative estimate of drug-likeness (QED) is 0.820. The molecule has 0 spiro atoms. The van der Waals surface area contributed by atoms with Gasteiger partial charge in [0.25, 0.3) is 0 Å². The van der Waals surface area contributed by atoms with E-state index in [4.69, 9.17) is 10.4 Å². The van der Waals surface area contributed by atoms with Gasteiger partial charge in [0.15, 0.2) is 0 Å². The van der Waals surface area contributed by atoms with E-state index in [1.807, 2.05) is 19.9 Å². The number of hydrogen-bond acceptors (Lipinski definition) is 3. The maximum absolute atomic E-state index is 11.7. The molecule has 1 rings (SSSR count). The van der Waals surface area contributed by atoms with Gasteiger partial charge in [-0.1, -0.05) is 19.1 Å². The normalized spacial score (nSPS) is 13.4. The summed E-state index contributed by atoms with van der Waals surface area (Å²) in [6.07, 6.45) is 0.286. The summed E-state index contributed by atoms with van der Waals surface area (Å²) in [7, 11) is 0. The summed E-state index contributed by atoms with van der Waals surface area (Å²) in [6.45, 7) is 3.81. The maximum atomic E-state index is 11.7. The van der Waals surface area contributed by atoms with E-state index in [0.717, 1.165) is 5.56 Å². The summed E-state index contributed by atoms with van der Waals surface area (Å²) in [5.41, 5.74) is 1.46. The van der Waals surface area contributed by atoms with Gasteiger partial charge in [0.2, 0.25) is 5.91 Å². The number of nitrogens with zero attached hydrogens (tertiary/aromatic N) is 1. The topological polar surface area (TPSA) is 73.1 Å². The fourth-order valence-corrected chi connectivity index (χ4v) is 1.49. The van der Waals surface area contributed by atoms with Crippen LogP contribution in [0.1, 0.15) is 25.0 Å². The molecule has 0 aliphatic heterocycles. The fraction of sp³-hybridized carbons (Fsp3) is 0.429. The average Bonchev–Trinajstić information content (AvgIpc) is 2.38. The summed E-state index contributed by atoms with van der Waals surface area (Å²) < 4.78 is 0. The molecule has 4 nitrogen and oxygen atoms in total. The molecule has 2 unspecified atom stereocenters. The molecule has 0 saturated heterocycles. The van der Waals surface area contributed by atoms with Gasteiger partial charge in [-0.05, 0) is 30.5 Å². The maximum Gasteiger partial charge on any atom is 0.224 e. The van der Waals surface area contributed by atoms with Crippen LogP contribution in [0, 0.1) is 17.2 Å². The number of nitrogens with one attached hydrogen (secondary N) is 1. The largest absolute Gasteiger partial charge is 0.396 e.